The zero-order valence-corrected chi connectivity index (χ0v) is 12.9. The Labute approximate surface area is 139 Å². The third kappa shape index (κ3) is 3.48. The zero-order chi connectivity index (χ0) is 16.4. The molecule has 0 bridgehead atoms. The summed E-state index contributed by atoms with van der Waals surface area (Å²) in [6.45, 7) is 0. The molecule has 0 unspecified atom stereocenters. The van der Waals surface area contributed by atoms with Crippen molar-refractivity contribution in [2.24, 2.45) is 0 Å². The maximum atomic E-state index is 13.1. The van der Waals surface area contributed by atoms with E-state index in [1.807, 2.05) is 18.2 Å². The normalized spacial score (nSPS) is 13.5. The number of aromatic nitrogens is 3. The van der Waals surface area contributed by atoms with Crippen molar-refractivity contribution < 1.29 is 4.39 Å². The van der Waals surface area contributed by atoms with Crippen molar-refractivity contribution in [2.75, 3.05) is 10.6 Å². The summed E-state index contributed by atoms with van der Waals surface area (Å²) >= 11 is 0. The van der Waals surface area contributed by atoms with Gasteiger partial charge in [0.2, 0.25) is 5.95 Å². The lowest BCUT2D eigenvalue weighted by Gasteiger charge is -2.11. The van der Waals surface area contributed by atoms with Gasteiger partial charge >= 0.3 is 0 Å². The van der Waals surface area contributed by atoms with Crippen LogP contribution >= 0.6 is 0 Å². The molecule has 1 aromatic carbocycles. The highest BCUT2D eigenvalue weighted by Crippen LogP contribution is 2.27. The van der Waals surface area contributed by atoms with Gasteiger partial charge in [-0.3, -0.25) is 4.98 Å². The number of hydrogen-bond donors (Lipinski definition) is 2. The summed E-state index contributed by atoms with van der Waals surface area (Å²) in [4.78, 5) is 13.1. The summed E-state index contributed by atoms with van der Waals surface area (Å²) in [6, 6.07) is 12.3. The van der Waals surface area contributed by atoms with Crippen LogP contribution in [-0.2, 0) is 0 Å². The summed E-state index contributed by atoms with van der Waals surface area (Å²) in [5.41, 5.74) is 2.54. The van der Waals surface area contributed by atoms with Gasteiger partial charge in [0.25, 0.3) is 0 Å². The quantitative estimate of drug-likeness (QED) is 0.744. The Balaban J connectivity index is 1.67. The van der Waals surface area contributed by atoms with Gasteiger partial charge in [0.1, 0.15) is 11.6 Å². The lowest BCUT2D eigenvalue weighted by Crippen LogP contribution is -2.07. The van der Waals surface area contributed by atoms with Gasteiger partial charge in [0.15, 0.2) is 0 Å². The van der Waals surface area contributed by atoms with Crippen LogP contribution in [0.5, 0.6) is 0 Å². The minimum Gasteiger partial charge on any atom is -0.351 e. The fourth-order valence-electron chi connectivity index (χ4n) is 2.34. The molecule has 0 spiro atoms. The predicted molar refractivity (Wildman–Crippen MR) is 91.6 cm³/mol. The van der Waals surface area contributed by atoms with Gasteiger partial charge < -0.3 is 10.6 Å². The molecule has 1 saturated carbocycles. The third-order valence-corrected chi connectivity index (χ3v) is 3.73. The lowest BCUT2D eigenvalue weighted by atomic mass is 10.2. The number of hydrogen-bond acceptors (Lipinski definition) is 5. The Morgan fingerprint density at radius 3 is 2.42 bits per heavy atom. The molecule has 1 aliphatic carbocycles. The number of halogens is 1. The summed E-state index contributed by atoms with van der Waals surface area (Å²) in [6.07, 6.45) is 5.75. The molecule has 0 amide bonds. The average Bonchev–Trinajstić information content (AvgIpc) is 3.42. The molecule has 2 aromatic heterocycles. The molecule has 6 heteroatoms. The van der Waals surface area contributed by atoms with Crippen LogP contribution in [0.1, 0.15) is 12.8 Å². The van der Waals surface area contributed by atoms with Gasteiger partial charge in [-0.2, -0.15) is 4.98 Å². The molecule has 3 aromatic rings. The highest BCUT2D eigenvalue weighted by atomic mass is 19.1. The van der Waals surface area contributed by atoms with Gasteiger partial charge in [-0.1, -0.05) is 0 Å². The van der Waals surface area contributed by atoms with Gasteiger partial charge in [-0.05, 0) is 49.2 Å². The SMILES string of the molecule is Fc1ccc(Nc2cc(-c3ccncc3)nc(NC3CC3)n2)cc1. The number of pyridine rings is 1. The van der Waals surface area contributed by atoms with Gasteiger partial charge in [-0.25, -0.2) is 9.37 Å². The molecule has 0 atom stereocenters. The monoisotopic (exact) mass is 321 g/mol. The van der Waals surface area contributed by atoms with Crippen LogP contribution in [-0.4, -0.2) is 21.0 Å². The molecule has 1 aliphatic rings. The average molecular weight is 321 g/mol. The molecule has 1 fully saturated rings. The Bertz CT molecular complexity index is 832. The van der Waals surface area contributed by atoms with Crippen LogP contribution in [0, 0.1) is 5.82 Å². The number of anilines is 3. The maximum absolute atomic E-state index is 13.1. The second kappa shape index (κ2) is 6.23. The van der Waals surface area contributed by atoms with Crippen LogP contribution in [0.2, 0.25) is 0 Å². The second-order valence-electron chi connectivity index (χ2n) is 5.75. The van der Waals surface area contributed by atoms with Crippen molar-refractivity contribution in [3.8, 4) is 11.3 Å². The van der Waals surface area contributed by atoms with Gasteiger partial charge in [0.05, 0.1) is 5.69 Å². The van der Waals surface area contributed by atoms with E-state index in [9.17, 15) is 4.39 Å². The molecule has 4 rings (SSSR count). The smallest absolute Gasteiger partial charge is 0.225 e. The number of nitrogens with zero attached hydrogens (tertiary/aromatic N) is 3. The van der Waals surface area contributed by atoms with Gasteiger partial charge in [-0.15, -0.1) is 0 Å². The first-order valence-electron chi connectivity index (χ1n) is 7.85. The third-order valence-electron chi connectivity index (χ3n) is 3.73. The Morgan fingerprint density at radius 1 is 0.958 bits per heavy atom. The number of nitrogens with one attached hydrogen (secondary N) is 2. The van der Waals surface area contributed by atoms with Crippen LogP contribution < -0.4 is 10.6 Å². The highest BCUT2D eigenvalue weighted by molar-refractivity contribution is 5.67. The summed E-state index contributed by atoms with van der Waals surface area (Å²) in [5.74, 6) is 0.986. The first kappa shape index (κ1) is 14.6. The van der Waals surface area contributed by atoms with Crippen molar-refractivity contribution in [3.63, 3.8) is 0 Å². The van der Waals surface area contributed by atoms with Crippen LogP contribution in [0.4, 0.5) is 21.8 Å². The molecular weight excluding hydrogens is 305 g/mol. The lowest BCUT2D eigenvalue weighted by molar-refractivity contribution is 0.628. The van der Waals surface area contributed by atoms with E-state index in [0.717, 1.165) is 29.8 Å². The Hall–Kier alpha value is -3.02. The van der Waals surface area contributed by atoms with E-state index in [0.29, 0.717) is 17.8 Å². The zero-order valence-electron chi connectivity index (χ0n) is 12.9. The van der Waals surface area contributed by atoms with E-state index >= 15 is 0 Å². The molecule has 24 heavy (non-hydrogen) atoms. The number of rotatable bonds is 5. The molecule has 0 radical (unpaired) electrons. The summed E-state index contributed by atoms with van der Waals surface area (Å²) in [5, 5.41) is 6.53. The van der Waals surface area contributed by atoms with Crippen LogP contribution in [0.15, 0.2) is 54.9 Å². The molecule has 5 nitrogen and oxygen atoms in total. The standard InChI is InChI=1S/C18H16FN5/c19-13-1-3-14(4-2-13)21-17-11-16(12-7-9-20-10-8-12)23-18(24-17)22-15-5-6-15/h1-4,7-11,15H,5-6H2,(H2,21,22,23,24). The topological polar surface area (TPSA) is 62.7 Å². The minimum absolute atomic E-state index is 0.267. The van der Waals surface area contributed by atoms with Crippen LogP contribution in [0.3, 0.4) is 0 Å². The second-order valence-corrected chi connectivity index (χ2v) is 5.75. The fourth-order valence-corrected chi connectivity index (χ4v) is 2.34. The minimum atomic E-state index is -0.267. The van der Waals surface area contributed by atoms with E-state index in [1.165, 1.54) is 12.1 Å². The Kier molecular flexibility index (Phi) is 3.78. The molecular formula is C18H16FN5. The predicted octanol–water partition coefficient (Wildman–Crippen LogP) is 4.00. The molecule has 0 saturated heterocycles. The van der Waals surface area contributed by atoms with E-state index in [4.69, 9.17) is 0 Å². The van der Waals surface area contributed by atoms with E-state index < -0.39 is 0 Å². The maximum Gasteiger partial charge on any atom is 0.225 e. The van der Waals surface area contributed by atoms with Crippen molar-refractivity contribution in [1.29, 1.82) is 0 Å². The van der Waals surface area contributed by atoms with E-state index in [-0.39, 0.29) is 5.82 Å². The Morgan fingerprint density at radius 2 is 1.71 bits per heavy atom. The van der Waals surface area contributed by atoms with E-state index in [1.54, 1.807) is 24.5 Å². The van der Waals surface area contributed by atoms with Gasteiger partial charge in [0, 0.05) is 35.8 Å². The first-order valence-corrected chi connectivity index (χ1v) is 7.85. The molecule has 120 valence electrons. The van der Waals surface area contributed by atoms with Crippen molar-refractivity contribution in [2.45, 2.75) is 18.9 Å². The summed E-state index contributed by atoms with van der Waals surface area (Å²) in [7, 11) is 0. The molecule has 2 N–H and O–H groups in total. The highest BCUT2D eigenvalue weighted by Gasteiger charge is 2.22. The summed E-state index contributed by atoms with van der Waals surface area (Å²) < 4.78 is 13.1. The van der Waals surface area contributed by atoms with E-state index in [2.05, 4.69) is 25.6 Å². The van der Waals surface area contributed by atoms with Crippen molar-refractivity contribution >= 4 is 17.5 Å². The van der Waals surface area contributed by atoms with Crippen LogP contribution in [0.25, 0.3) is 11.3 Å². The van der Waals surface area contributed by atoms with Crippen molar-refractivity contribution in [3.05, 3.63) is 60.7 Å². The number of benzene rings is 1. The molecule has 0 aliphatic heterocycles. The first-order chi connectivity index (χ1) is 11.8. The molecule has 2 heterocycles. The largest absolute Gasteiger partial charge is 0.351 e. The fraction of sp³-hybridized carbons (Fsp3) is 0.167. The van der Waals surface area contributed by atoms with Crippen molar-refractivity contribution in [1.82, 2.24) is 15.0 Å².